The fraction of sp³-hybridized carbons (Fsp3) is 0.364. The Morgan fingerprint density at radius 3 is 2.74 bits per heavy atom. The standard InChI is InChI=1S/C22H25N3O2/c1-15-5-7-16(8-6-15)11-12-23-21(26)17-9-10-18-19(14-17)24(2)20-4-3-13-25(20)22(18)27/h5-10,14,20H,3-4,11-13H2,1-2H3,(H,23,26)/t20-/m0/s1. The van der Waals surface area contributed by atoms with Crippen molar-refractivity contribution in [1.82, 2.24) is 10.2 Å². The Bertz CT molecular complexity index is 876. The number of carbonyl (C=O) groups excluding carboxylic acids is 2. The van der Waals surface area contributed by atoms with Crippen molar-refractivity contribution >= 4 is 17.5 Å². The predicted octanol–water partition coefficient (Wildman–Crippen LogP) is 2.98. The molecular weight excluding hydrogens is 338 g/mol. The van der Waals surface area contributed by atoms with Gasteiger partial charge in [0.25, 0.3) is 11.8 Å². The molecule has 0 saturated carbocycles. The number of aryl methyl sites for hydroxylation is 1. The number of anilines is 1. The molecule has 1 fully saturated rings. The average molecular weight is 363 g/mol. The van der Waals surface area contributed by atoms with Crippen molar-refractivity contribution in [3.05, 3.63) is 64.7 Å². The molecule has 1 atom stereocenters. The van der Waals surface area contributed by atoms with Gasteiger partial charge in [0.1, 0.15) is 6.17 Å². The molecule has 2 heterocycles. The van der Waals surface area contributed by atoms with E-state index in [1.54, 1.807) is 12.1 Å². The van der Waals surface area contributed by atoms with Crippen molar-refractivity contribution in [2.45, 2.75) is 32.4 Å². The smallest absolute Gasteiger partial charge is 0.257 e. The molecular formula is C22H25N3O2. The highest BCUT2D eigenvalue weighted by Gasteiger charge is 2.38. The van der Waals surface area contributed by atoms with Gasteiger partial charge in [-0.15, -0.1) is 0 Å². The third-order valence-electron chi connectivity index (χ3n) is 5.62. The summed E-state index contributed by atoms with van der Waals surface area (Å²) >= 11 is 0. The molecule has 2 aromatic rings. The van der Waals surface area contributed by atoms with Crippen LogP contribution >= 0.6 is 0 Å². The molecule has 0 unspecified atom stereocenters. The maximum Gasteiger partial charge on any atom is 0.257 e. The van der Waals surface area contributed by atoms with Gasteiger partial charge in [-0.25, -0.2) is 0 Å². The van der Waals surface area contributed by atoms with Crippen LogP contribution in [0.15, 0.2) is 42.5 Å². The number of hydrogen-bond donors (Lipinski definition) is 1. The number of amides is 2. The lowest BCUT2D eigenvalue weighted by Crippen LogP contribution is -2.50. The molecule has 5 nitrogen and oxygen atoms in total. The van der Waals surface area contributed by atoms with Gasteiger partial charge >= 0.3 is 0 Å². The summed E-state index contributed by atoms with van der Waals surface area (Å²) in [4.78, 5) is 29.3. The zero-order valence-corrected chi connectivity index (χ0v) is 15.9. The van der Waals surface area contributed by atoms with Crippen LogP contribution in [-0.4, -0.2) is 43.0 Å². The van der Waals surface area contributed by atoms with Crippen LogP contribution in [0.2, 0.25) is 0 Å². The summed E-state index contributed by atoms with van der Waals surface area (Å²) in [6.07, 6.45) is 2.92. The number of rotatable bonds is 4. The van der Waals surface area contributed by atoms with E-state index in [0.29, 0.717) is 17.7 Å². The van der Waals surface area contributed by atoms with E-state index in [4.69, 9.17) is 0 Å². The van der Waals surface area contributed by atoms with Crippen molar-refractivity contribution in [2.24, 2.45) is 0 Å². The number of fused-ring (bicyclic) bond motifs is 2. The highest BCUT2D eigenvalue weighted by atomic mass is 16.2. The number of nitrogens with zero attached hydrogens (tertiary/aromatic N) is 2. The Morgan fingerprint density at radius 1 is 1.19 bits per heavy atom. The molecule has 0 radical (unpaired) electrons. The molecule has 27 heavy (non-hydrogen) atoms. The van der Waals surface area contributed by atoms with Gasteiger partial charge in [-0.05, 0) is 49.9 Å². The Kier molecular flexibility index (Phi) is 4.60. The Morgan fingerprint density at radius 2 is 1.96 bits per heavy atom. The minimum atomic E-state index is -0.0976. The molecule has 2 aromatic carbocycles. The van der Waals surface area contributed by atoms with Crippen LogP contribution in [0.3, 0.4) is 0 Å². The lowest BCUT2D eigenvalue weighted by atomic mass is 10.0. The van der Waals surface area contributed by atoms with E-state index in [1.165, 1.54) is 11.1 Å². The minimum Gasteiger partial charge on any atom is -0.354 e. The van der Waals surface area contributed by atoms with E-state index in [-0.39, 0.29) is 18.0 Å². The maximum atomic E-state index is 12.7. The molecule has 5 heteroatoms. The van der Waals surface area contributed by atoms with Gasteiger partial charge in [-0.1, -0.05) is 29.8 Å². The van der Waals surface area contributed by atoms with Gasteiger partial charge in [0.05, 0.1) is 11.3 Å². The van der Waals surface area contributed by atoms with E-state index in [0.717, 1.165) is 31.5 Å². The highest BCUT2D eigenvalue weighted by Crippen LogP contribution is 2.35. The molecule has 1 saturated heterocycles. The van der Waals surface area contributed by atoms with Gasteiger partial charge in [0.2, 0.25) is 0 Å². The van der Waals surface area contributed by atoms with Crippen LogP contribution in [0.25, 0.3) is 0 Å². The van der Waals surface area contributed by atoms with Crippen molar-refractivity contribution in [2.75, 3.05) is 25.0 Å². The van der Waals surface area contributed by atoms with Gasteiger partial charge in [0, 0.05) is 25.7 Å². The lowest BCUT2D eigenvalue weighted by molar-refractivity contribution is 0.0719. The largest absolute Gasteiger partial charge is 0.354 e. The summed E-state index contributed by atoms with van der Waals surface area (Å²) in [6.45, 7) is 3.47. The SMILES string of the molecule is Cc1ccc(CCNC(=O)c2ccc3c(c2)N(C)[C@@H]2CCCN2C3=O)cc1. The minimum absolute atomic E-state index is 0.0805. The third-order valence-corrected chi connectivity index (χ3v) is 5.62. The van der Waals surface area contributed by atoms with Gasteiger partial charge in [-0.3, -0.25) is 9.59 Å². The Hall–Kier alpha value is -2.82. The number of carbonyl (C=O) groups is 2. The summed E-state index contributed by atoms with van der Waals surface area (Å²) in [5, 5.41) is 2.99. The summed E-state index contributed by atoms with van der Waals surface area (Å²) < 4.78 is 0. The van der Waals surface area contributed by atoms with Gasteiger partial charge < -0.3 is 15.1 Å². The van der Waals surface area contributed by atoms with E-state index >= 15 is 0 Å². The Labute approximate surface area is 160 Å². The monoisotopic (exact) mass is 363 g/mol. The quantitative estimate of drug-likeness (QED) is 0.909. The number of hydrogen-bond acceptors (Lipinski definition) is 3. The molecule has 2 aliphatic rings. The van der Waals surface area contributed by atoms with Crippen LogP contribution in [0, 0.1) is 6.92 Å². The van der Waals surface area contributed by atoms with Gasteiger partial charge in [0.15, 0.2) is 0 Å². The molecule has 1 N–H and O–H groups in total. The van der Waals surface area contributed by atoms with E-state index in [1.807, 2.05) is 18.0 Å². The normalized spacial score (nSPS) is 18.3. The highest BCUT2D eigenvalue weighted by molar-refractivity contribution is 6.04. The molecule has 2 amide bonds. The first kappa shape index (κ1) is 17.6. The fourth-order valence-corrected chi connectivity index (χ4v) is 4.03. The molecule has 0 spiro atoms. The van der Waals surface area contributed by atoms with Crippen LogP contribution in [0.4, 0.5) is 5.69 Å². The molecule has 0 bridgehead atoms. The third kappa shape index (κ3) is 3.29. The van der Waals surface area contributed by atoms with E-state index in [9.17, 15) is 9.59 Å². The topological polar surface area (TPSA) is 52.7 Å². The molecule has 2 aliphatic heterocycles. The zero-order valence-electron chi connectivity index (χ0n) is 15.9. The second-order valence-corrected chi connectivity index (χ2v) is 7.46. The number of nitrogens with one attached hydrogen (secondary N) is 1. The van der Waals surface area contributed by atoms with Crippen LogP contribution < -0.4 is 10.2 Å². The summed E-state index contributed by atoms with van der Waals surface area (Å²) in [5.41, 5.74) is 4.58. The van der Waals surface area contributed by atoms with Crippen molar-refractivity contribution in [3.63, 3.8) is 0 Å². The summed E-state index contributed by atoms with van der Waals surface area (Å²) in [6, 6.07) is 13.7. The van der Waals surface area contributed by atoms with Crippen molar-refractivity contribution in [1.29, 1.82) is 0 Å². The molecule has 0 aliphatic carbocycles. The number of benzene rings is 2. The second kappa shape index (κ2) is 7.06. The maximum absolute atomic E-state index is 12.7. The molecule has 140 valence electrons. The fourth-order valence-electron chi connectivity index (χ4n) is 4.03. The zero-order chi connectivity index (χ0) is 19.0. The lowest BCUT2D eigenvalue weighted by Gasteiger charge is -2.40. The van der Waals surface area contributed by atoms with E-state index in [2.05, 4.69) is 41.4 Å². The van der Waals surface area contributed by atoms with Crippen LogP contribution in [0.1, 0.15) is 44.7 Å². The Balaban J connectivity index is 1.45. The summed E-state index contributed by atoms with van der Waals surface area (Å²) in [5.74, 6) is -0.0171. The predicted molar refractivity (Wildman–Crippen MR) is 106 cm³/mol. The first-order chi connectivity index (χ1) is 13.0. The molecule has 4 rings (SSSR count). The van der Waals surface area contributed by atoms with Crippen molar-refractivity contribution < 1.29 is 9.59 Å². The van der Waals surface area contributed by atoms with E-state index < -0.39 is 0 Å². The van der Waals surface area contributed by atoms with Crippen LogP contribution in [0.5, 0.6) is 0 Å². The first-order valence-electron chi connectivity index (χ1n) is 9.56. The summed E-state index contributed by atoms with van der Waals surface area (Å²) in [7, 11) is 2.01. The van der Waals surface area contributed by atoms with Gasteiger partial charge in [-0.2, -0.15) is 0 Å². The van der Waals surface area contributed by atoms with Crippen molar-refractivity contribution in [3.8, 4) is 0 Å². The molecule has 0 aromatic heterocycles. The average Bonchev–Trinajstić information content (AvgIpc) is 3.17. The van der Waals surface area contributed by atoms with Crippen LogP contribution in [-0.2, 0) is 6.42 Å². The second-order valence-electron chi connectivity index (χ2n) is 7.46. The first-order valence-corrected chi connectivity index (χ1v) is 9.56.